The van der Waals surface area contributed by atoms with Crippen LogP contribution < -0.4 is 9.67 Å². The highest BCUT2D eigenvalue weighted by atomic mass is 16.4. The zero-order chi connectivity index (χ0) is 11.4. The molecule has 0 aliphatic rings. The van der Waals surface area contributed by atoms with Gasteiger partial charge in [-0.05, 0) is 12.0 Å². The molecular weight excluding hydrogens is 194 g/mol. The standard InChI is InChI=1S/C11H15NO3/c1-8(2)6-10(11(14)15)12-5-3-4-9(13)7-12/h3-5,7-8,10H,6H2,1-2H3,(H-,13,14,15). The highest BCUT2D eigenvalue weighted by Crippen LogP contribution is 2.12. The number of aliphatic carboxylic acids is 1. The van der Waals surface area contributed by atoms with E-state index in [1.807, 2.05) is 13.8 Å². The van der Waals surface area contributed by atoms with E-state index in [2.05, 4.69) is 0 Å². The Bertz CT molecular complexity index is 349. The maximum Gasteiger partial charge on any atom is 0.211 e. The van der Waals surface area contributed by atoms with E-state index >= 15 is 0 Å². The second-order valence-corrected chi connectivity index (χ2v) is 3.97. The number of carboxylic acid groups (broad SMARTS) is 1. The molecule has 1 rings (SSSR count). The molecule has 0 aliphatic carbocycles. The number of hydrogen-bond acceptors (Lipinski definition) is 3. The van der Waals surface area contributed by atoms with E-state index in [4.69, 9.17) is 0 Å². The van der Waals surface area contributed by atoms with Crippen LogP contribution in [0.2, 0.25) is 0 Å². The van der Waals surface area contributed by atoms with Crippen molar-refractivity contribution < 1.29 is 19.6 Å². The molecule has 0 radical (unpaired) electrons. The van der Waals surface area contributed by atoms with Gasteiger partial charge in [0.05, 0.1) is 0 Å². The fourth-order valence-electron chi connectivity index (χ4n) is 1.46. The van der Waals surface area contributed by atoms with Crippen LogP contribution in [0.15, 0.2) is 24.5 Å². The van der Waals surface area contributed by atoms with Crippen LogP contribution in [-0.4, -0.2) is 11.1 Å². The summed E-state index contributed by atoms with van der Waals surface area (Å²) in [5.74, 6) is -0.824. The molecule has 0 saturated heterocycles. The Labute approximate surface area is 88.8 Å². The topological polar surface area (TPSA) is 64.2 Å². The molecule has 1 aromatic rings. The molecule has 15 heavy (non-hydrogen) atoms. The van der Waals surface area contributed by atoms with Crippen LogP contribution in [0.4, 0.5) is 0 Å². The lowest BCUT2D eigenvalue weighted by atomic mass is 10.0. The molecule has 4 heteroatoms. The van der Waals surface area contributed by atoms with Gasteiger partial charge in [0.25, 0.3) is 0 Å². The van der Waals surface area contributed by atoms with Crippen molar-refractivity contribution in [3.05, 3.63) is 24.5 Å². The quantitative estimate of drug-likeness (QED) is 0.711. The minimum absolute atomic E-state index is 0.0486. The lowest BCUT2D eigenvalue weighted by Crippen LogP contribution is -2.49. The number of aromatic hydroxyl groups is 1. The van der Waals surface area contributed by atoms with Gasteiger partial charge < -0.3 is 15.0 Å². The molecular formula is C11H15NO3. The monoisotopic (exact) mass is 209 g/mol. The first kappa shape index (κ1) is 11.5. The minimum atomic E-state index is -1.13. The number of aromatic nitrogens is 1. The summed E-state index contributed by atoms with van der Waals surface area (Å²) in [5.41, 5.74) is 0. The normalized spacial score (nSPS) is 12.7. The molecule has 1 aromatic heterocycles. The Hall–Kier alpha value is -1.58. The van der Waals surface area contributed by atoms with Crippen molar-refractivity contribution in [1.29, 1.82) is 0 Å². The van der Waals surface area contributed by atoms with Crippen molar-refractivity contribution >= 4 is 5.97 Å². The lowest BCUT2D eigenvalue weighted by Gasteiger charge is -2.15. The lowest BCUT2D eigenvalue weighted by molar-refractivity contribution is -0.717. The zero-order valence-electron chi connectivity index (χ0n) is 8.88. The van der Waals surface area contributed by atoms with Crippen molar-refractivity contribution in [3.8, 4) is 5.75 Å². The highest BCUT2D eigenvalue weighted by Gasteiger charge is 2.21. The van der Waals surface area contributed by atoms with E-state index in [1.165, 1.54) is 16.8 Å². The van der Waals surface area contributed by atoms with Gasteiger partial charge in [-0.2, -0.15) is 4.57 Å². The van der Waals surface area contributed by atoms with Gasteiger partial charge in [0.2, 0.25) is 6.20 Å². The van der Waals surface area contributed by atoms with Crippen molar-refractivity contribution in [2.24, 2.45) is 5.92 Å². The molecule has 0 aliphatic heterocycles. The molecule has 0 spiro atoms. The van der Waals surface area contributed by atoms with Crippen LogP contribution in [0.25, 0.3) is 0 Å². The zero-order valence-corrected chi connectivity index (χ0v) is 8.88. The van der Waals surface area contributed by atoms with Gasteiger partial charge in [-0.25, -0.2) is 0 Å². The van der Waals surface area contributed by atoms with Crippen LogP contribution in [0, 0.1) is 5.92 Å². The Balaban J connectivity index is 2.94. The number of hydrogen-bond donors (Lipinski definition) is 1. The van der Waals surface area contributed by atoms with E-state index in [-0.39, 0.29) is 11.7 Å². The predicted molar refractivity (Wildman–Crippen MR) is 51.8 cm³/mol. The molecule has 1 atom stereocenters. The summed E-state index contributed by atoms with van der Waals surface area (Å²) in [7, 11) is 0. The van der Waals surface area contributed by atoms with Crippen LogP contribution in [0.5, 0.6) is 5.75 Å². The largest absolute Gasteiger partial charge is 0.543 e. The summed E-state index contributed by atoms with van der Waals surface area (Å²) in [5, 5.41) is 20.2. The van der Waals surface area contributed by atoms with Gasteiger partial charge >= 0.3 is 0 Å². The van der Waals surface area contributed by atoms with Gasteiger partial charge in [0.15, 0.2) is 18.0 Å². The molecule has 0 fully saturated rings. The molecule has 0 amide bonds. The summed E-state index contributed by atoms with van der Waals surface area (Å²) < 4.78 is 1.46. The van der Waals surface area contributed by atoms with Crippen molar-refractivity contribution in [2.45, 2.75) is 26.3 Å². The van der Waals surface area contributed by atoms with Crippen molar-refractivity contribution in [1.82, 2.24) is 0 Å². The second-order valence-electron chi connectivity index (χ2n) is 3.97. The fraction of sp³-hybridized carbons (Fsp3) is 0.455. The van der Waals surface area contributed by atoms with Crippen LogP contribution in [0.1, 0.15) is 26.3 Å². The van der Waals surface area contributed by atoms with E-state index < -0.39 is 12.0 Å². The third-order valence-corrected chi connectivity index (χ3v) is 2.13. The molecule has 1 unspecified atom stereocenters. The Morgan fingerprint density at radius 3 is 2.73 bits per heavy atom. The van der Waals surface area contributed by atoms with Crippen LogP contribution >= 0.6 is 0 Å². The molecule has 82 valence electrons. The van der Waals surface area contributed by atoms with Gasteiger partial charge in [-0.1, -0.05) is 13.8 Å². The first-order chi connectivity index (χ1) is 7.00. The maximum absolute atomic E-state index is 10.9. The number of rotatable bonds is 4. The van der Waals surface area contributed by atoms with E-state index in [9.17, 15) is 15.0 Å². The predicted octanol–water partition coefficient (Wildman–Crippen LogP) is 0.0168. The Morgan fingerprint density at radius 1 is 1.60 bits per heavy atom. The number of pyridine rings is 1. The van der Waals surface area contributed by atoms with Gasteiger partial charge in [-0.15, -0.1) is 0 Å². The van der Waals surface area contributed by atoms with Crippen molar-refractivity contribution in [2.75, 3.05) is 0 Å². The van der Waals surface area contributed by atoms with Crippen molar-refractivity contribution in [3.63, 3.8) is 0 Å². The van der Waals surface area contributed by atoms with Gasteiger partial charge in [0.1, 0.15) is 5.97 Å². The first-order valence-electron chi connectivity index (χ1n) is 4.91. The molecule has 4 nitrogen and oxygen atoms in total. The summed E-state index contributed by atoms with van der Waals surface area (Å²) in [4.78, 5) is 10.9. The number of carbonyl (C=O) groups excluding carboxylic acids is 1. The maximum atomic E-state index is 10.9. The molecule has 0 aromatic carbocycles. The molecule has 1 N–H and O–H groups in total. The molecule has 0 bridgehead atoms. The third kappa shape index (κ3) is 3.23. The van der Waals surface area contributed by atoms with Crippen LogP contribution in [0.3, 0.4) is 0 Å². The number of carboxylic acids is 1. The molecule has 0 saturated carbocycles. The smallest absolute Gasteiger partial charge is 0.211 e. The average molecular weight is 209 g/mol. The first-order valence-corrected chi connectivity index (χ1v) is 4.91. The third-order valence-electron chi connectivity index (χ3n) is 2.13. The number of nitrogens with zero attached hydrogens (tertiary/aromatic N) is 1. The molecule has 1 heterocycles. The summed E-state index contributed by atoms with van der Waals surface area (Å²) in [6, 6.07) is 2.38. The Kier molecular flexibility index (Phi) is 3.66. The average Bonchev–Trinajstić information content (AvgIpc) is 2.13. The summed E-state index contributed by atoms with van der Waals surface area (Å²) >= 11 is 0. The van der Waals surface area contributed by atoms with E-state index in [0.717, 1.165) is 0 Å². The second kappa shape index (κ2) is 4.77. The fourth-order valence-corrected chi connectivity index (χ4v) is 1.46. The highest BCUT2D eigenvalue weighted by molar-refractivity contribution is 5.67. The Morgan fingerprint density at radius 2 is 2.27 bits per heavy atom. The van der Waals surface area contributed by atoms with Gasteiger partial charge in [-0.3, -0.25) is 0 Å². The SMILES string of the molecule is CC(C)CC(C(=O)[O-])[n+]1cccc(O)c1. The summed E-state index contributed by atoms with van der Waals surface area (Å²) in [6.07, 6.45) is 3.49. The number of carbonyl (C=O) groups is 1. The minimum Gasteiger partial charge on any atom is -0.543 e. The van der Waals surface area contributed by atoms with Crippen LogP contribution in [-0.2, 0) is 4.79 Å². The summed E-state index contributed by atoms with van der Waals surface area (Å²) in [6.45, 7) is 3.89. The van der Waals surface area contributed by atoms with E-state index in [1.54, 1.807) is 12.3 Å². The van der Waals surface area contributed by atoms with Gasteiger partial charge in [0, 0.05) is 12.5 Å². The van der Waals surface area contributed by atoms with E-state index in [0.29, 0.717) is 6.42 Å².